The number of hydrogen-bond donors (Lipinski definition) is 1. The Morgan fingerprint density at radius 2 is 1.65 bits per heavy atom. The van der Waals surface area contributed by atoms with Gasteiger partial charge in [0.05, 0.1) is 39.3 Å². The molecule has 1 unspecified atom stereocenters. The van der Waals surface area contributed by atoms with Crippen LogP contribution in [0.25, 0.3) is 0 Å². The molecule has 0 aliphatic carbocycles. The molecule has 0 radical (unpaired) electrons. The summed E-state index contributed by atoms with van der Waals surface area (Å²) in [6.45, 7) is 1.48. The molecule has 0 aromatic heterocycles. The van der Waals surface area contributed by atoms with Crippen molar-refractivity contribution < 1.29 is 27.4 Å². The van der Waals surface area contributed by atoms with Crippen LogP contribution in [0.15, 0.2) is 36.4 Å². The number of carbonyl (C=O) groups is 1. The third kappa shape index (κ3) is 6.18. The van der Waals surface area contributed by atoms with Gasteiger partial charge in [0.15, 0.2) is 11.5 Å². The quantitative estimate of drug-likeness (QED) is 0.572. The van der Waals surface area contributed by atoms with E-state index < -0.39 is 22.5 Å². The van der Waals surface area contributed by atoms with Gasteiger partial charge in [0.25, 0.3) is 0 Å². The largest absolute Gasteiger partial charge is 0.495 e. The number of halogens is 1. The Bertz CT molecular complexity index is 1030. The molecule has 2 aromatic carbocycles. The van der Waals surface area contributed by atoms with Crippen molar-refractivity contribution in [2.45, 2.75) is 19.4 Å². The van der Waals surface area contributed by atoms with Crippen molar-refractivity contribution in [3.63, 3.8) is 0 Å². The lowest BCUT2D eigenvalue weighted by atomic mass is 10.0. The van der Waals surface area contributed by atoms with Crippen LogP contribution in [0.1, 0.15) is 24.9 Å². The van der Waals surface area contributed by atoms with Gasteiger partial charge in [0.2, 0.25) is 15.9 Å². The highest BCUT2D eigenvalue weighted by Gasteiger charge is 2.25. The van der Waals surface area contributed by atoms with E-state index in [0.717, 1.165) is 16.1 Å². The predicted octanol–water partition coefficient (Wildman–Crippen LogP) is 3.40. The molecular formula is C21H27ClN2O6S. The Labute approximate surface area is 188 Å². The summed E-state index contributed by atoms with van der Waals surface area (Å²) in [5, 5.41) is 3.20. The summed E-state index contributed by atoms with van der Waals surface area (Å²) < 4.78 is 41.7. The van der Waals surface area contributed by atoms with Crippen molar-refractivity contribution in [3.8, 4) is 17.2 Å². The van der Waals surface area contributed by atoms with E-state index in [2.05, 4.69) is 5.32 Å². The molecule has 0 aliphatic heterocycles. The van der Waals surface area contributed by atoms with E-state index in [4.69, 9.17) is 25.8 Å². The van der Waals surface area contributed by atoms with E-state index in [1.165, 1.54) is 20.3 Å². The zero-order chi connectivity index (χ0) is 23.2. The normalized spacial score (nSPS) is 12.1. The van der Waals surface area contributed by atoms with E-state index in [0.29, 0.717) is 22.9 Å². The maximum absolute atomic E-state index is 12.8. The average molecular weight is 471 g/mol. The van der Waals surface area contributed by atoms with Gasteiger partial charge >= 0.3 is 0 Å². The van der Waals surface area contributed by atoms with Gasteiger partial charge in [-0.05, 0) is 42.3 Å². The number of methoxy groups -OCH3 is 3. The molecule has 1 N–H and O–H groups in total. The molecule has 0 saturated heterocycles. The van der Waals surface area contributed by atoms with E-state index >= 15 is 0 Å². The molecule has 1 amide bonds. The number of benzene rings is 2. The summed E-state index contributed by atoms with van der Waals surface area (Å²) in [7, 11) is 0.696. The van der Waals surface area contributed by atoms with E-state index in [-0.39, 0.29) is 17.5 Å². The predicted molar refractivity (Wildman–Crippen MR) is 121 cm³/mol. The molecule has 0 heterocycles. The summed E-state index contributed by atoms with van der Waals surface area (Å²) in [6, 6.07) is 9.57. The van der Waals surface area contributed by atoms with Crippen molar-refractivity contribution in [3.05, 3.63) is 47.0 Å². The SMILES string of the molecule is CCC(NC(=O)CN(c1cc(Cl)ccc1OC)S(C)(=O)=O)c1ccc(OC)c(OC)c1. The number of rotatable bonds is 10. The first-order chi connectivity index (χ1) is 14.6. The number of sulfonamides is 1. The summed E-state index contributed by atoms with van der Waals surface area (Å²) in [6.07, 6.45) is 1.60. The molecule has 31 heavy (non-hydrogen) atoms. The molecule has 0 aliphatic rings. The lowest BCUT2D eigenvalue weighted by Crippen LogP contribution is -2.41. The Balaban J connectivity index is 2.29. The summed E-state index contributed by atoms with van der Waals surface area (Å²) >= 11 is 6.04. The van der Waals surface area contributed by atoms with Gasteiger partial charge in [-0.15, -0.1) is 0 Å². The molecule has 0 saturated carbocycles. The summed E-state index contributed by atoms with van der Waals surface area (Å²) in [4.78, 5) is 12.8. The fourth-order valence-corrected chi connectivity index (χ4v) is 4.12. The lowest BCUT2D eigenvalue weighted by Gasteiger charge is -2.25. The van der Waals surface area contributed by atoms with Gasteiger partial charge in [-0.1, -0.05) is 24.6 Å². The molecule has 2 rings (SSSR count). The van der Waals surface area contributed by atoms with Gasteiger partial charge in [-0.2, -0.15) is 0 Å². The summed E-state index contributed by atoms with van der Waals surface area (Å²) in [5.41, 5.74) is 0.992. The first-order valence-electron chi connectivity index (χ1n) is 9.47. The third-order valence-corrected chi connectivity index (χ3v) is 6.01. The monoisotopic (exact) mass is 470 g/mol. The first-order valence-corrected chi connectivity index (χ1v) is 11.7. The topological polar surface area (TPSA) is 94.2 Å². The zero-order valence-electron chi connectivity index (χ0n) is 18.1. The van der Waals surface area contributed by atoms with Crippen molar-refractivity contribution >= 4 is 33.2 Å². The first kappa shape index (κ1) is 24.6. The van der Waals surface area contributed by atoms with Crippen molar-refractivity contribution in [1.82, 2.24) is 5.32 Å². The Kier molecular flexibility index (Phi) is 8.41. The molecule has 0 bridgehead atoms. The minimum absolute atomic E-state index is 0.187. The maximum Gasteiger partial charge on any atom is 0.241 e. The van der Waals surface area contributed by atoms with E-state index in [9.17, 15) is 13.2 Å². The second-order valence-electron chi connectivity index (χ2n) is 6.73. The van der Waals surface area contributed by atoms with Crippen LogP contribution in [0.2, 0.25) is 5.02 Å². The minimum Gasteiger partial charge on any atom is -0.495 e. The lowest BCUT2D eigenvalue weighted by molar-refractivity contribution is -0.120. The van der Waals surface area contributed by atoms with Gasteiger partial charge in [-0.25, -0.2) is 8.42 Å². The van der Waals surface area contributed by atoms with Gasteiger partial charge in [-0.3, -0.25) is 9.10 Å². The van der Waals surface area contributed by atoms with Crippen molar-refractivity contribution in [1.29, 1.82) is 0 Å². The minimum atomic E-state index is -3.79. The molecule has 10 heteroatoms. The highest BCUT2D eigenvalue weighted by Crippen LogP contribution is 2.33. The van der Waals surface area contributed by atoms with Gasteiger partial charge < -0.3 is 19.5 Å². The van der Waals surface area contributed by atoms with Crippen LogP contribution in [0, 0.1) is 0 Å². The molecular weight excluding hydrogens is 444 g/mol. The Morgan fingerprint density at radius 3 is 2.19 bits per heavy atom. The van der Waals surface area contributed by atoms with Crippen LogP contribution in [0.4, 0.5) is 5.69 Å². The molecule has 1 atom stereocenters. The average Bonchev–Trinajstić information content (AvgIpc) is 2.74. The summed E-state index contributed by atoms with van der Waals surface area (Å²) in [5.74, 6) is 0.918. The van der Waals surface area contributed by atoms with E-state index in [1.54, 1.807) is 31.4 Å². The number of nitrogens with zero attached hydrogens (tertiary/aromatic N) is 1. The third-order valence-electron chi connectivity index (χ3n) is 4.65. The second kappa shape index (κ2) is 10.6. The number of anilines is 1. The molecule has 0 spiro atoms. The molecule has 2 aromatic rings. The highest BCUT2D eigenvalue weighted by atomic mass is 35.5. The van der Waals surface area contributed by atoms with Crippen LogP contribution < -0.4 is 23.8 Å². The number of carbonyl (C=O) groups excluding carboxylic acids is 1. The molecule has 0 fully saturated rings. The maximum atomic E-state index is 12.8. The van der Waals surface area contributed by atoms with Crippen molar-refractivity contribution in [2.75, 3.05) is 38.4 Å². The Hall–Kier alpha value is -2.65. The molecule has 170 valence electrons. The standard InChI is InChI=1S/C21H27ClN2O6S/c1-6-16(14-7-9-19(29-3)20(11-14)30-4)23-21(25)13-24(31(5,26)27)17-12-15(22)8-10-18(17)28-2/h7-12,16H,6,13H2,1-5H3,(H,23,25). The van der Waals surface area contributed by atoms with Gasteiger partial charge in [0, 0.05) is 5.02 Å². The number of amides is 1. The van der Waals surface area contributed by atoms with Crippen LogP contribution >= 0.6 is 11.6 Å². The molecule has 8 nitrogen and oxygen atoms in total. The van der Waals surface area contributed by atoms with Gasteiger partial charge in [0.1, 0.15) is 12.3 Å². The number of hydrogen-bond acceptors (Lipinski definition) is 6. The van der Waals surface area contributed by atoms with Crippen molar-refractivity contribution in [2.24, 2.45) is 0 Å². The fraction of sp³-hybridized carbons (Fsp3) is 0.381. The number of ether oxygens (including phenoxy) is 3. The van der Waals surface area contributed by atoms with Crippen LogP contribution in [-0.2, 0) is 14.8 Å². The van der Waals surface area contributed by atoms with Crippen LogP contribution in [0.3, 0.4) is 0 Å². The number of nitrogens with one attached hydrogen (secondary N) is 1. The fourth-order valence-electron chi connectivity index (χ4n) is 3.10. The van der Waals surface area contributed by atoms with E-state index in [1.807, 2.05) is 13.0 Å². The van der Waals surface area contributed by atoms with Crippen LogP contribution in [-0.4, -0.2) is 48.5 Å². The Morgan fingerprint density at radius 1 is 1.03 bits per heavy atom. The second-order valence-corrected chi connectivity index (χ2v) is 9.07. The zero-order valence-corrected chi connectivity index (χ0v) is 19.7. The van der Waals surface area contributed by atoms with Crippen LogP contribution in [0.5, 0.6) is 17.2 Å². The highest BCUT2D eigenvalue weighted by molar-refractivity contribution is 7.92. The smallest absolute Gasteiger partial charge is 0.241 e.